The van der Waals surface area contributed by atoms with Crippen LogP contribution in [0.15, 0.2) is 41.2 Å². The summed E-state index contributed by atoms with van der Waals surface area (Å²) in [6.45, 7) is 0.919. The van der Waals surface area contributed by atoms with Crippen LogP contribution in [0.4, 0.5) is 13.2 Å². The molecule has 0 bridgehead atoms. The number of aromatic nitrogens is 4. The fourth-order valence-electron chi connectivity index (χ4n) is 3.18. The number of ether oxygens (including phenoxy) is 1. The van der Waals surface area contributed by atoms with Crippen LogP contribution >= 0.6 is 0 Å². The van der Waals surface area contributed by atoms with E-state index < -0.39 is 12.5 Å². The van der Waals surface area contributed by atoms with Crippen molar-refractivity contribution in [1.82, 2.24) is 25.0 Å². The lowest BCUT2D eigenvalue weighted by Crippen LogP contribution is -2.25. The summed E-state index contributed by atoms with van der Waals surface area (Å²) >= 11 is 0. The van der Waals surface area contributed by atoms with Crippen molar-refractivity contribution in [2.75, 3.05) is 6.54 Å². The molecule has 0 amide bonds. The molecule has 28 heavy (non-hydrogen) atoms. The lowest BCUT2D eigenvalue weighted by atomic mass is 10.2. The van der Waals surface area contributed by atoms with Gasteiger partial charge in [-0.05, 0) is 30.7 Å². The van der Waals surface area contributed by atoms with Crippen LogP contribution in [0.1, 0.15) is 24.2 Å². The monoisotopic (exact) mass is 395 g/mol. The Bertz CT molecular complexity index is 911. The van der Waals surface area contributed by atoms with Crippen LogP contribution in [-0.4, -0.2) is 49.1 Å². The van der Waals surface area contributed by atoms with Crippen LogP contribution in [-0.2, 0) is 6.54 Å². The second-order valence-electron chi connectivity index (χ2n) is 6.40. The Labute approximate surface area is 157 Å². The minimum Gasteiger partial charge on any atom is -0.406 e. The second kappa shape index (κ2) is 7.24. The summed E-state index contributed by atoms with van der Waals surface area (Å²) in [4.78, 5) is 13.5. The minimum absolute atomic E-state index is 0.243. The van der Waals surface area contributed by atoms with E-state index in [1.165, 1.54) is 24.3 Å². The number of aliphatic hydroxyl groups is 1. The molecule has 0 radical (unpaired) electrons. The van der Waals surface area contributed by atoms with E-state index in [0.717, 1.165) is 5.82 Å². The summed E-state index contributed by atoms with van der Waals surface area (Å²) in [5.74, 6) is 0.990. The normalized spacial score (nSPS) is 20.6. The molecular weight excluding hydrogens is 379 g/mol. The topological polar surface area (TPSA) is 100 Å². The van der Waals surface area contributed by atoms with Crippen molar-refractivity contribution in [3.05, 3.63) is 48.4 Å². The number of β-amino-alcohol motifs (C(OH)–C–C–N with tert-alkyl or cyclic N) is 1. The van der Waals surface area contributed by atoms with E-state index in [1.54, 1.807) is 12.4 Å². The first kappa shape index (κ1) is 18.4. The molecule has 0 saturated carbocycles. The van der Waals surface area contributed by atoms with E-state index in [-0.39, 0.29) is 17.6 Å². The number of hydrogen-bond acceptors (Lipinski definition) is 7. The third-order valence-electron chi connectivity index (χ3n) is 4.36. The first-order valence-electron chi connectivity index (χ1n) is 8.47. The van der Waals surface area contributed by atoms with Gasteiger partial charge in [0.2, 0.25) is 11.7 Å². The predicted octanol–water partition coefficient (Wildman–Crippen LogP) is 2.67. The van der Waals surface area contributed by atoms with Crippen molar-refractivity contribution in [3.63, 3.8) is 0 Å². The van der Waals surface area contributed by atoms with Gasteiger partial charge in [0.1, 0.15) is 11.6 Å². The van der Waals surface area contributed by atoms with Crippen LogP contribution in [0.5, 0.6) is 5.75 Å². The zero-order chi connectivity index (χ0) is 19.7. The Balaban J connectivity index is 1.50. The minimum atomic E-state index is -4.75. The molecule has 2 unspecified atom stereocenters. The van der Waals surface area contributed by atoms with Gasteiger partial charge in [0.05, 0.1) is 18.7 Å². The molecule has 11 heteroatoms. The molecule has 3 heterocycles. The van der Waals surface area contributed by atoms with E-state index in [2.05, 4.69) is 24.8 Å². The Hall–Kier alpha value is -2.92. The number of rotatable bonds is 5. The highest BCUT2D eigenvalue weighted by Gasteiger charge is 2.36. The van der Waals surface area contributed by atoms with Crippen LogP contribution < -0.4 is 4.74 Å². The van der Waals surface area contributed by atoms with Gasteiger partial charge in [-0.25, -0.2) is 4.98 Å². The highest BCUT2D eigenvalue weighted by Crippen LogP contribution is 2.33. The summed E-state index contributed by atoms with van der Waals surface area (Å²) in [5.41, 5.74) is 0.487. The molecule has 148 valence electrons. The molecule has 1 aromatic carbocycles. The molecule has 1 aliphatic heterocycles. The molecule has 1 saturated heterocycles. The van der Waals surface area contributed by atoms with Crippen LogP contribution in [0.2, 0.25) is 0 Å². The highest BCUT2D eigenvalue weighted by atomic mass is 19.4. The molecule has 0 spiro atoms. The maximum absolute atomic E-state index is 12.3. The summed E-state index contributed by atoms with van der Waals surface area (Å²) < 4.78 is 46.0. The third-order valence-corrected chi connectivity index (χ3v) is 4.36. The van der Waals surface area contributed by atoms with Gasteiger partial charge in [0, 0.05) is 24.5 Å². The molecule has 0 aliphatic carbocycles. The van der Waals surface area contributed by atoms with Crippen LogP contribution in [0.3, 0.4) is 0 Å². The van der Waals surface area contributed by atoms with Gasteiger partial charge in [-0.2, -0.15) is 4.98 Å². The molecule has 2 N–H and O–H groups in total. The summed E-state index contributed by atoms with van der Waals surface area (Å²) in [6, 6.07) is 4.91. The second-order valence-corrected chi connectivity index (χ2v) is 6.40. The van der Waals surface area contributed by atoms with Gasteiger partial charge in [0.25, 0.3) is 0 Å². The smallest absolute Gasteiger partial charge is 0.406 e. The summed E-state index contributed by atoms with van der Waals surface area (Å²) in [5, 5.41) is 14.0. The molecule has 4 rings (SSSR count). The number of alkyl halides is 3. The number of halogens is 3. The Kier molecular flexibility index (Phi) is 4.77. The van der Waals surface area contributed by atoms with Gasteiger partial charge in [-0.3, -0.25) is 4.90 Å². The van der Waals surface area contributed by atoms with Gasteiger partial charge in [-0.15, -0.1) is 13.2 Å². The summed E-state index contributed by atoms with van der Waals surface area (Å²) in [6.07, 6.45) is -1.49. The zero-order valence-corrected chi connectivity index (χ0v) is 14.4. The largest absolute Gasteiger partial charge is 0.573 e. The maximum atomic E-state index is 12.3. The number of likely N-dealkylation sites (tertiary alicyclic amines) is 1. The SMILES string of the molecule is OC1CC(c2nc(-c3ccc(OC(F)(F)F)cc3)no2)N(Cc2ncc[nH]2)C1. The maximum Gasteiger partial charge on any atom is 0.573 e. The number of imidazole rings is 1. The fraction of sp³-hybridized carbons (Fsp3) is 0.353. The lowest BCUT2D eigenvalue weighted by Gasteiger charge is -2.19. The zero-order valence-electron chi connectivity index (χ0n) is 14.4. The Morgan fingerprint density at radius 3 is 2.75 bits per heavy atom. The van der Waals surface area contributed by atoms with Gasteiger partial charge >= 0.3 is 6.36 Å². The van der Waals surface area contributed by atoms with Crippen molar-refractivity contribution >= 4 is 0 Å². The Morgan fingerprint density at radius 2 is 2.07 bits per heavy atom. The number of aromatic amines is 1. The highest BCUT2D eigenvalue weighted by molar-refractivity contribution is 5.55. The lowest BCUT2D eigenvalue weighted by molar-refractivity contribution is -0.274. The third kappa shape index (κ3) is 4.15. The number of benzene rings is 1. The standard InChI is InChI=1S/C17H16F3N5O3/c18-17(19,20)27-12-3-1-10(2-4-12)15-23-16(28-24-15)13-7-11(26)8-25(13)9-14-21-5-6-22-14/h1-6,11,13,26H,7-9H2,(H,21,22). The average molecular weight is 395 g/mol. The van der Waals surface area contributed by atoms with Crippen molar-refractivity contribution < 1.29 is 27.5 Å². The Morgan fingerprint density at radius 1 is 1.29 bits per heavy atom. The molecule has 2 atom stereocenters. The van der Waals surface area contributed by atoms with Crippen LogP contribution in [0.25, 0.3) is 11.4 Å². The molecule has 8 nitrogen and oxygen atoms in total. The van der Waals surface area contributed by atoms with E-state index in [1.807, 2.05) is 4.90 Å². The average Bonchev–Trinajstić information content (AvgIpc) is 3.36. The van der Waals surface area contributed by atoms with Gasteiger partial charge in [-0.1, -0.05) is 5.16 Å². The van der Waals surface area contributed by atoms with Crippen molar-refractivity contribution in [3.8, 4) is 17.1 Å². The van der Waals surface area contributed by atoms with Crippen LogP contribution in [0, 0.1) is 0 Å². The van der Waals surface area contributed by atoms with Crippen molar-refractivity contribution in [2.45, 2.75) is 31.5 Å². The molecular formula is C17H16F3N5O3. The van der Waals surface area contributed by atoms with E-state index in [9.17, 15) is 18.3 Å². The van der Waals surface area contributed by atoms with Crippen molar-refractivity contribution in [2.24, 2.45) is 0 Å². The number of hydrogen-bond donors (Lipinski definition) is 2. The molecule has 2 aromatic heterocycles. The number of nitrogens with one attached hydrogen (secondary N) is 1. The van der Waals surface area contributed by atoms with E-state index >= 15 is 0 Å². The number of aliphatic hydroxyl groups excluding tert-OH is 1. The fourth-order valence-corrected chi connectivity index (χ4v) is 3.18. The predicted molar refractivity (Wildman–Crippen MR) is 88.8 cm³/mol. The quantitative estimate of drug-likeness (QED) is 0.685. The van der Waals surface area contributed by atoms with Gasteiger partial charge < -0.3 is 19.4 Å². The van der Waals surface area contributed by atoms with Gasteiger partial charge in [0.15, 0.2) is 0 Å². The van der Waals surface area contributed by atoms with Crippen molar-refractivity contribution in [1.29, 1.82) is 0 Å². The molecule has 1 fully saturated rings. The summed E-state index contributed by atoms with van der Waals surface area (Å²) in [7, 11) is 0. The van der Waals surface area contributed by atoms with E-state index in [4.69, 9.17) is 4.52 Å². The van der Waals surface area contributed by atoms with E-state index in [0.29, 0.717) is 31.0 Å². The first-order valence-corrected chi connectivity index (χ1v) is 8.47. The number of nitrogens with zero attached hydrogens (tertiary/aromatic N) is 4. The first-order chi connectivity index (χ1) is 13.4. The molecule has 3 aromatic rings. The molecule has 1 aliphatic rings. The number of H-pyrrole nitrogens is 1.